The number of ether oxygens (including phenoxy) is 2. The third-order valence-corrected chi connectivity index (χ3v) is 6.30. The number of hydrogen-bond donors (Lipinski definition) is 1. The monoisotopic (exact) mass is 491 g/mol. The maximum absolute atomic E-state index is 12.8. The van der Waals surface area contributed by atoms with Crippen molar-refractivity contribution in [2.75, 3.05) is 19.5 Å². The van der Waals surface area contributed by atoms with Crippen LogP contribution in [0.2, 0.25) is 0 Å². The average Bonchev–Trinajstić information content (AvgIpc) is 3.34. The van der Waals surface area contributed by atoms with Crippen LogP contribution >= 0.6 is 0 Å². The molecule has 0 aliphatic heterocycles. The van der Waals surface area contributed by atoms with Crippen molar-refractivity contribution in [2.45, 2.75) is 6.92 Å². The molecule has 1 N–H and O–H groups in total. The zero-order valence-corrected chi connectivity index (χ0v) is 20.7. The highest BCUT2D eigenvalue weighted by Gasteiger charge is 2.15. The van der Waals surface area contributed by atoms with E-state index in [2.05, 4.69) is 35.6 Å². The second-order valence-electron chi connectivity index (χ2n) is 8.65. The number of nitrogens with one attached hydrogen (secondary N) is 1. The van der Waals surface area contributed by atoms with Crippen LogP contribution in [0.1, 0.15) is 22.8 Å². The molecule has 0 saturated heterocycles. The van der Waals surface area contributed by atoms with Gasteiger partial charge in [0.1, 0.15) is 11.3 Å². The number of carbonyl (C=O) groups excluding carboxylic acids is 2. The number of allylic oxidation sites excluding steroid dienone is 1. The number of esters is 1. The van der Waals surface area contributed by atoms with Crippen LogP contribution in [0.4, 0.5) is 5.69 Å². The highest BCUT2D eigenvalue weighted by molar-refractivity contribution is 6.06. The Morgan fingerprint density at radius 3 is 2.38 bits per heavy atom. The summed E-state index contributed by atoms with van der Waals surface area (Å²) in [6, 6.07) is 24.9. The Morgan fingerprint density at radius 2 is 1.65 bits per heavy atom. The van der Waals surface area contributed by atoms with Gasteiger partial charge >= 0.3 is 5.97 Å². The van der Waals surface area contributed by atoms with E-state index >= 15 is 0 Å². The summed E-state index contributed by atoms with van der Waals surface area (Å²) < 4.78 is 16.2. The van der Waals surface area contributed by atoms with E-state index in [-0.39, 0.29) is 5.91 Å². The summed E-state index contributed by atoms with van der Waals surface area (Å²) >= 11 is 0. The molecular formula is C31H25NO5. The quantitative estimate of drug-likeness (QED) is 0.203. The van der Waals surface area contributed by atoms with Gasteiger partial charge in [-0.2, -0.15) is 0 Å². The van der Waals surface area contributed by atoms with E-state index in [1.807, 2.05) is 31.2 Å². The van der Waals surface area contributed by atoms with Gasteiger partial charge in [-0.05, 0) is 65.2 Å². The number of methoxy groups -OCH3 is 2. The Balaban J connectivity index is 1.46. The molecule has 37 heavy (non-hydrogen) atoms. The summed E-state index contributed by atoms with van der Waals surface area (Å²) in [4.78, 5) is 24.4. The number of carbonyl (C=O) groups is 2. The largest absolute Gasteiger partial charge is 0.496 e. The maximum Gasteiger partial charge on any atom is 0.337 e. The van der Waals surface area contributed by atoms with Crippen LogP contribution in [0.3, 0.4) is 0 Å². The van der Waals surface area contributed by atoms with Crippen LogP contribution in [-0.2, 0) is 9.53 Å². The topological polar surface area (TPSA) is 77.8 Å². The lowest BCUT2D eigenvalue weighted by molar-refractivity contribution is -0.111. The van der Waals surface area contributed by atoms with Gasteiger partial charge in [0.25, 0.3) is 0 Å². The van der Waals surface area contributed by atoms with Crippen LogP contribution < -0.4 is 10.1 Å². The fourth-order valence-corrected chi connectivity index (χ4v) is 4.37. The van der Waals surface area contributed by atoms with Crippen LogP contribution in [0.15, 0.2) is 95.6 Å². The minimum atomic E-state index is -0.432. The van der Waals surface area contributed by atoms with Crippen molar-refractivity contribution < 1.29 is 23.5 Å². The molecule has 1 aromatic heterocycles. The highest BCUT2D eigenvalue weighted by Crippen LogP contribution is 2.38. The van der Waals surface area contributed by atoms with Gasteiger partial charge in [0.05, 0.1) is 26.0 Å². The Labute approximate surface area is 214 Å². The summed E-state index contributed by atoms with van der Waals surface area (Å²) in [5.74, 6) is -0.123. The molecule has 0 aliphatic rings. The summed E-state index contributed by atoms with van der Waals surface area (Å²) in [7, 11) is 2.92. The van der Waals surface area contributed by atoms with Crippen LogP contribution in [0.25, 0.3) is 38.4 Å². The first-order chi connectivity index (χ1) is 18.0. The van der Waals surface area contributed by atoms with Gasteiger partial charge in [-0.3, -0.25) is 4.79 Å². The van der Waals surface area contributed by atoms with E-state index in [0.29, 0.717) is 22.6 Å². The molecular weight excluding hydrogens is 466 g/mol. The molecule has 0 aliphatic carbocycles. The van der Waals surface area contributed by atoms with Crippen molar-refractivity contribution in [3.63, 3.8) is 0 Å². The van der Waals surface area contributed by atoms with Crippen LogP contribution in [0, 0.1) is 0 Å². The average molecular weight is 492 g/mol. The maximum atomic E-state index is 12.8. The molecule has 1 heterocycles. The lowest BCUT2D eigenvalue weighted by Crippen LogP contribution is -2.09. The van der Waals surface area contributed by atoms with Crippen molar-refractivity contribution >= 4 is 44.9 Å². The molecule has 6 nitrogen and oxygen atoms in total. The van der Waals surface area contributed by atoms with Gasteiger partial charge in [-0.1, -0.05) is 36.4 Å². The van der Waals surface area contributed by atoms with E-state index in [0.717, 1.165) is 33.0 Å². The molecule has 4 aromatic carbocycles. The molecule has 5 rings (SSSR count). The number of furan rings is 1. The van der Waals surface area contributed by atoms with Gasteiger partial charge in [-0.25, -0.2) is 4.79 Å². The van der Waals surface area contributed by atoms with Gasteiger partial charge in [0, 0.05) is 34.3 Å². The molecule has 0 unspecified atom stereocenters. The zero-order valence-electron chi connectivity index (χ0n) is 20.7. The number of hydrogen-bond acceptors (Lipinski definition) is 5. The molecule has 5 aromatic rings. The molecule has 6 heteroatoms. The lowest BCUT2D eigenvalue weighted by Gasteiger charge is -2.10. The second-order valence-corrected chi connectivity index (χ2v) is 8.65. The Bertz CT molecular complexity index is 1660. The minimum Gasteiger partial charge on any atom is -0.496 e. The lowest BCUT2D eigenvalue weighted by atomic mass is 9.97. The number of benzene rings is 4. The molecule has 0 saturated carbocycles. The fourth-order valence-electron chi connectivity index (χ4n) is 4.37. The van der Waals surface area contributed by atoms with Crippen LogP contribution in [-0.4, -0.2) is 26.1 Å². The van der Waals surface area contributed by atoms with E-state index in [1.165, 1.54) is 18.6 Å². The molecule has 0 atom stereocenters. The first kappa shape index (κ1) is 23.9. The minimum absolute atomic E-state index is 0.299. The van der Waals surface area contributed by atoms with Crippen LogP contribution in [0.5, 0.6) is 5.75 Å². The fraction of sp³-hybridized carbons (Fsp3) is 0.0968. The van der Waals surface area contributed by atoms with Gasteiger partial charge in [0.15, 0.2) is 0 Å². The predicted molar refractivity (Wildman–Crippen MR) is 146 cm³/mol. The van der Waals surface area contributed by atoms with E-state index in [9.17, 15) is 9.59 Å². The van der Waals surface area contributed by atoms with Crippen molar-refractivity contribution in [3.8, 4) is 16.9 Å². The predicted octanol–water partition coefficient (Wildman–Crippen LogP) is 7.09. The van der Waals surface area contributed by atoms with E-state index in [1.54, 1.807) is 37.6 Å². The number of anilines is 1. The SMILES string of the molecule is COC(=O)c1ccc(NC(=O)/C=C(\C)c2cc3c(-c4ccc5ccccc5c4)coc3cc2OC)cc1. The molecule has 0 bridgehead atoms. The third kappa shape index (κ3) is 4.82. The number of fused-ring (bicyclic) bond motifs is 2. The van der Waals surface area contributed by atoms with Crippen molar-refractivity contribution in [1.82, 2.24) is 0 Å². The summed E-state index contributed by atoms with van der Waals surface area (Å²) in [5.41, 5.74) is 5.20. The first-order valence-corrected chi connectivity index (χ1v) is 11.7. The van der Waals surface area contributed by atoms with Crippen molar-refractivity contribution in [2.24, 2.45) is 0 Å². The summed E-state index contributed by atoms with van der Waals surface area (Å²) in [6.07, 6.45) is 3.27. The van der Waals surface area contributed by atoms with E-state index < -0.39 is 5.97 Å². The molecule has 0 spiro atoms. The second kappa shape index (κ2) is 10.0. The Kier molecular flexibility index (Phi) is 6.47. The van der Waals surface area contributed by atoms with Gasteiger partial charge < -0.3 is 19.2 Å². The molecule has 184 valence electrons. The molecule has 0 radical (unpaired) electrons. The van der Waals surface area contributed by atoms with Crippen molar-refractivity contribution in [1.29, 1.82) is 0 Å². The normalized spacial score (nSPS) is 11.5. The standard InChI is InChI=1S/C31H25NO5/c1-19(14-30(33)32-24-12-10-21(11-13-24)31(34)36-3)25-16-26-27(18-37-29(26)17-28(25)35-2)23-9-8-20-6-4-5-7-22(20)15-23/h4-18H,1-3H3,(H,32,33)/b19-14+. The Hall–Kier alpha value is -4.84. The molecule has 0 fully saturated rings. The summed E-state index contributed by atoms with van der Waals surface area (Å²) in [6.45, 7) is 1.86. The van der Waals surface area contributed by atoms with Gasteiger partial charge in [0.2, 0.25) is 5.91 Å². The van der Waals surface area contributed by atoms with Crippen molar-refractivity contribution in [3.05, 3.63) is 102 Å². The zero-order chi connectivity index (χ0) is 25.9. The van der Waals surface area contributed by atoms with E-state index in [4.69, 9.17) is 13.9 Å². The molecule has 1 amide bonds. The number of amides is 1. The highest BCUT2D eigenvalue weighted by atomic mass is 16.5. The third-order valence-electron chi connectivity index (χ3n) is 6.30. The first-order valence-electron chi connectivity index (χ1n) is 11.7. The Morgan fingerprint density at radius 1 is 0.892 bits per heavy atom. The summed E-state index contributed by atoms with van der Waals surface area (Å²) in [5, 5.41) is 6.07. The van der Waals surface area contributed by atoms with Gasteiger partial charge in [-0.15, -0.1) is 0 Å². The smallest absolute Gasteiger partial charge is 0.337 e. The number of rotatable bonds is 6.